The van der Waals surface area contributed by atoms with Crippen molar-refractivity contribution in [2.24, 2.45) is 0 Å². The molecule has 2 aromatic carbocycles. The van der Waals surface area contributed by atoms with Gasteiger partial charge in [-0.3, -0.25) is 0 Å². The lowest BCUT2D eigenvalue weighted by Gasteiger charge is -2.19. The summed E-state index contributed by atoms with van der Waals surface area (Å²) in [6.45, 7) is 2.22. The molecule has 24 heavy (non-hydrogen) atoms. The number of carboxylic acids is 1. The molecule has 6 heteroatoms. The number of halogens is 2. The van der Waals surface area contributed by atoms with Crippen molar-refractivity contribution in [2.75, 3.05) is 18.0 Å². The minimum atomic E-state index is -0.923. The summed E-state index contributed by atoms with van der Waals surface area (Å²) in [6.07, 6.45) is 0.947. The molecule has 0 amide bonds. The van der Waals surface area contributed by atoms with Gasteiger partial charge in [-0.05, 0) is 42.3 Å². The van der Waals surface area contributed by atoms with Crippen LogP contribution in [0.2, 0.25) is 5.02 Å². The summed E-state index contributed by atoms with van der Waals surface area (Å²) in [5.41, 5.74) is 2.05. The molecule has 0 radical (unpaired) electrons. The van der Waals surface area contributed by atoms with Gasteiger partial charge < -0.3 is 15.3 Å². The average Bonchev–Trinajstić information content (AvgIpc) is 3.05. The van der Waals surface area contributed by atoms with Gasteiger partial charge in [-0.25, -0.2) is 9.18 Å². The van der Waals surface area contributed by atoms with E-state index in [2.05, 4.69) is 10.2 Å². The maximum Gasteiger partial charge on any atom is 0.335 e. The minimum Gasteiger partial charge on any atom is -0.478 e. The first kappa shape index (κ1) is 16.7. The van der Waals surface area contributed by atoms with E-state index in [1.165, 1.54) is 6.07 Å². The summed E-state index contributed by atoms with van der Waals surface area (Å²) in [6, 6.07) is 12.0. The first-order valence-electron chi connectivity index (χ1n) is 7.78. The van der Waals surface area contributed by atoms with Crippen LogP contribution in [0.15, 0.2) is 42.5 Å². The van der Waals surface area contributed by atoms with Crippen LogP contribution < -0.4 is 10.2 Å². The molecule has 1 fully saturated rings. The van der Waals surface area contributed by atoms with Crippen molar-refractivity contribution in [3.8, 4) is 0 Å². The smallest absolute Gasteiger partial charge is 0.335 e. The van der Waals surface area contributed by atoms with E-state index in [0.29, 0.717) is 12.1 Å². The second-order valence-electron chi connectivity index (χ2n) is 5.92. The fourth-order valence-electron chi connectivity index (χ4n) is 2.92. The van der Waals surface area contributed by atoms with Gasteiger partial charge in [0.05, 0.1) is 10.6 Å². The zero-order valence-corrected chi connectivity index (χ0v) is 13.8. The molecule has 1 heterocycles. The third-order valence-corrected chi connectivity index (χ3v) is 4.53. The van der Waals surface area contributed by atoms with Crippen LogP contribution in [0.4, 0.5) is 10.1 Å². The molecule has 4 nitrogen and oxygen atoms in total. The Hall–Kier alpha value is -2.11. The molecule has 0 aromatic heterocycles. The van der Waals surface area contributed by atoms with E-state index in [0.717, 1.165) is 30.8 Å². The van der Waals surface area contributed by atoms with Crippen molar-refractivity contribution < 1.29 is 14.3 Å². The molecule has 0 bridgehead atoms. The maximum absolute atomic E-state index is 13.6. The Balaban J connectivity index is 1.57. The van der Waals surface area contributed by atoms with Crippen LogP contribution in [-0.2, 0) is 6.54 Å². The summed E-state index contributed by atoms with van der Waals surface area (Å²) in [7, 11) is 0. The highest BCUT2D eigenvalue weighted by Crippen LogP contribution is 2.25. The number of nitrogens with one attached hydrogen (secondary N) is 1. The summed E-state index contributed by atoms with van der Waals surface area (Å²) >= 11 is 5.72. The minimum absolute atomic E-state index is 0.130. The monoisotopic (exact) mass is 348 g/mol. The van der Waals surface area contributed by atoms with Crippen LogP contribution in [0.3, 0.4) is 0 Å². The molecule has 1 unspecified atom stereocenters. The molecule has 1 aliphatic rings. The van der Waals surface area contributed by atoms with E-state index in [1.807, 2.05) is 12.1 Å². The van der Waals surface area contributed by atoms with Gasteiger partial charge >= 0.3 is 5.97 Å². The quantitative estimate of drug-likeness (QED) is 0.867. The average molecular weight is 349 g/mol. The zero-order valence-electron chi connectivity index (χ0n) is 13.0. The van der Waals surface area contributed by atoms with E-state index in [-0.39, 0.29) is 11.1 Å². The molecule has 0 aliphatic carbocycles. The Bertz CT molecular complexity index is 754. The van der Waals surface area contributed by atoms with Crippen molar-refractivity contribution in [2.45, 2.75) is 19.0 Å². The number of nitrogens with zero attached hydrogens (tertiary/aromatic N) is 1. The number of anilines is 1. The molecule has 1 atom stereocenters. The van der Waals surface area contributed by atoms with Crippen molar-refractivity contribution in [1.29, 1.82) is 0 Å². The largest absolute Gasteiger partial charge is 0.478 e. The molecule has 126 valence electrons. The van der Waals surface area contributed by atoms with E-state index < -0.39 is 11.8 Å². The van der Waals surface area contributed by atoms with E-state index >= 15 is 0 Å². The highest BCUT2D eigenvalue weighted by atomic mass is 35.5. The lowest BCUT2D eigenvalue weighted by Crippen LogP contribution is -2.32. The fraction of sp³-hybridized carbons (Fsp3) is 0.278. The number of rotatable bonds is 5. The third kappa shape index (κ3) is 3.86. The van der Waals surface area contributed by atoms with Crippen molar-refractivity contribution in [1.82, 2.24) is 5.32 Å². The Morgan fingerprint density at radius 2 is 2.17 bits per heavy atom. The molecule has 2 aromatic rings. The molecular weight excluding hydrogens is 331 g/mol. The zero-order chi connectivity index (χ0) is 17.1. The normalized spacial score (nSPS) is 17.2. The Kier molecular flexibility index (Phi) is 5.02. The third-order valence-electron chi connectivity index (χ3n) is 4.23. The molecular formula is C18H18ClFN2O2. The predicted molar refractivity (Wildman–Crippen MR) is 92.3 cm³/mol. The standard InChI is InChI=1S/C18H18ClFN2O2/c19-16-5-4-15(9-17(16)20)22-7-6-14(11-22)21-10-12-2-1-3-13(8-12)18(23)24/h1-5,8-9,14,21H,6-7,10-11H2,(H,23,24). The number of aromatic carboxylic acids is 1. The Morgan fingerprint density at radius 3 is 2.92 bits per heavy atom. The number of hydrogen-bond acceptors (Lipinski definition) is 3. The molecule has 0 spiro atoms. The van der Waals surface area contributed by atoms with Crippen molar-refractivity contribution in [3.05, 3.63) is 64.4 Å². The lowest BCUT2D eigenvalue weighted by molar-refractivity contribution is 0.0696. The molecule has 3 rings (SSSR count). The molecule has 2 N–H and O–H groups in total. The lowest BCUT2D eigenvalue weighted by atomic mass is 10.1. The fourth-order valence-corrected chi connectivity index (χ4v) is 3.04. The van der Waals surface area contributed by atoms with Gasteiger partial charge in [-0.15, -0.1) is 0 Å². The van der Waals surface area contributed by atoms with E-state index in [4.69, 9.17) is 16.7 Å². The number of hydrogen-bond donors (Lipinski definition) is 2. The van der Waals surface area contributed by atoms with Gasteiger partial charge in [0.25, 0.3) is 0 Å². The number of carboxylic acid groups (broad SMARTS) is 1. The number of benzene rings is 2. The number of carbonyl (C=O) groups is 1. The maximum atomic E-state index is 13.6. The van der Waals surface area contributed by atoms with Crippen LogP contribution in [0.5, 0.6) is 0 Å². The first-order chi connectivity index (χ1) is 11.5. The van der Waals surface area contributed by atoms with Crippen LogP contribution in [-0.4, -0.2) is 30.2 Å². The van der Waals surface area contributed by atoms with Gasteiger partial charge in [0, 0.05) is 31.4 Å². The van der Waals surface area contributed by atoms with Crippen LogP contribution in [0.1, 0.15) is 22.3 Å². The summed E-state index contributed by atoms with van der Waals surface area (Å²) < 4.78 is 13.6. The van der Waals surface area contributed by atoms with Gasteiger partial charge in [-0.1, -0.05) is 23.7 Å². The SMILES string of the molecule is O=C(O)c1cccc(CNC2CCN(c3ccc(Cl)c(F)c3)C2)c1. The second-order valence-corrected chi connectivity index (χ2v) is 6.32. The Morgan fingerprint density at radius 1 is 1.33 bits per heavy atom. The van der Waals surface area contributed by atoms with Crippen LogP contribution >= 0.6 is 11.6 Å². The Labute approximate surface area is 144 Å². The molecule has 1 aliphatic heterocycles. The van der Waals surface area contributed by atoms with Gasteiger partial charge in [0.1, 0.15) is 5.82 Å². The molecule has 0 saturated carbocycles. The highest BCUT2D eigenvalue weighted by Gasteiger charge is 2.22. The summed E-state index contributed by atoms with van der Waals surface area (Å²) in [5, 5.41) is 12.6. The summed E-state index contributed by atoms with van der Waals surface area (Å²) in [5.74, 6) is -1.33. The van der Waals surface area contributed by atoms with Gasteiger partial charge in [0.2, 0.25) is 0 Å². The van der Waals surface area contributed by atoms with Crippen molar-refractivity contribution in [3.63, 3.8) is 0 Å². The van der Waals surface area contributed by atoms with Crippen LogP contribution in [0, 0.1) is 5.82 Å². The first-order valence-corrected chi connectivity index (χ1v) is 8.16. The van der Waals surface area contributed by atoms with Crippen molar-refractivity contribution >= 4 is 23.3 Å². The topological polar surface area (TPSA) is 52.6 Å². The second kappa shape index (κ2) is 7.20. The summed E-state index contributed by atoms with van der Waals surface area (Å²) in [4.78, 5) is 13.1. The van der Waals surface area contributed by atoms with E-state index in [1.54, 1.807) is 24.3 Å². The van der Waals surface area contributed by atoms with Gasteiger partial charge in [0.15, 0.2) is 0 Å². The van der Waals surface area contributed by atoms with Gasteiger partial charge in [-0.2, -0.15) is 0 Å². The predicted octanol–water partition coefficient (Wildman–Crippen LogP) is 3.55. The molecule has 1 saturated heterocycles. The van der Waals surface area contributed by atoms with Crippen LogP contribution in [0.25, 0.3) is 0 Å². The highest BCUT2D eigenvalue weighted by molar-refractivity contribution is 6.30. The van der Waals surface area contributed by atoms with E-state index in [9.17, 15) is 9.18 Å².